The van der Waals surface area contributed by atoms with Gasteiger partial charge in [-0.25, -0.2) is 9.97 Å². The number of aliphatic carboxylic acids is 1. The molecule has 2 aromatic heterocycles. The fraction of sp³-hybridized carbons (Fsp3) is 0.194. The zero-order valence-electron chi connectivity index (χ0n) is 25.2. The molecule has 0 bridgehead atoms. The number of aryl methyl sites for hydroxylation is 1. The van der Waals surface area contributed by atoms with Gasteiger partial charge in [0.15, 0.2) is 0 Å². The van der Waals surface area contributed by atoms with Gasteiger partial charge in [-0.15, -0.1) is 0 Å². The number of carboxylic acids is 1. The van der Waals surface area contributed by atoms with E-state index in [1.807, 2.05) is 121 Å². The Hall–Kier alpha value is -4.17. The van der Waals surface area contributed by atoms with Gasteiger partial charge in [0.2, 0.25) is 0 Å². The van der Waals surface area contributed by atoms with Crippen molar-refractivity contribution < 1.29 is 48.9 Å². The average molecular weight is 594 g/mol. The monoisotopic (exact) mass is 593 g/mol. The molecule has 0 aliphatic carbocycles. The fourth-order valence-electron chi connectivity index (χ4n) is 5.46. The summed E-state index contributed by atoms with van der Waals surface area (Å²) in [4.78, 5) is 20.8. The summed E-state index contributed by atoms with van der Waals surface area (Å²) in [5.41, 5.74) is 5.18. The van der Waals surface area contributed by atoms with Crippen LogP contribution in [-0.4, -0.2) is 20.5 Å². The predicted molar refractivity (Wildman–Crippen MR) is 165 cm³/mol. The van der Waals surface area contributed by atoms with Crippen molar-refractivity contribution in [2.45, 2.75) is 38.4 Å². The fourth-order valence-corrected chi connectivity index (χ4v) is 5.46. The number of hydrogen-bond donors (Lipinski definition) is 0. The van der Waals surface area contributed by atoms with E-state index in [4.69, 9.17) is 9.47 Å². The molecule has 216 valence electrons. The number of nitrogens with zero attached hydrogens (tertiary/aromatic N) is 3. The van der Waals surface area contributed by atoms with E-state index >= 15 is 0 Å². The van der Waals surface area contributed by atoms with Gasteiger partial charge < -0.3 is 23.9 Å². The van der Waals surface area contributed by atoms with Gasteiger partial charge in [0.25, 0.3) is 0 Å². The van der Waals surface area contributed by atoms with E-state index in [0.29, 0.717) is 31.1 Å². The van der Waals surface area contributed by atoms with Gasteiger partial charge in [-0.3, -0.25) is 0 Å². The first kappa shape index (κ1) is 31.3. The van der Waals surface area contributed by atoms with Crippen molar-refractivity contribution in [3.05, 3.63) is 132 Å². The first-order valence-electron chi connectivity index (χ1n) is 14.3. The molecule has 0 amide bonds. The van der Waals surface area contributed by atoms with Crippen LogP contribution in [0.15, 0.2) is 109 Å². The number of fused-ring (bicyclic) bond motifs is 2. The molecule has 44 heavy (non-hydrogen) atoms. The van der Waals surface area contributed by atoms with Crippen molar-refractivity contribution in [2.75, 3.05) is 0 Å². The Morgan fingerprint density at radius 3 is 1.98 bits per heavy atom. The third-order valence-electron chi connectivity index (χ3n) is 8.10. The number of hydrogen-bond acceptors (Lipinski definition) is 6. The molecule has 7 nitrogen and oxygen atoms in total. The number of carbonyl (C=O) groups excluding carboxylic acids is 1. The molecule has 6 aromatic rings. The summed E-state index contributed by atoms with van der Waals surface area (Å²) in [5, 5.41) is 12.6. The minimum atomic E-state index is -1.07. The summed E-state index contributed by atoms with van der Waals surface area (Å²) in [6, 6.07) is 35.7. The van der Waals surface area contributed by atoms with Crippen LogP contribution < -0.4 is 44.1 Å². The number of ether oxygens (including phenoxy) is 2. The molecule has 1 atom stereocenters. The zero-order valence-corrected chi connectivity index (χ0v) is 27.2. The third kappa shape index (κ3) is 6.81. The van der Waals surface area contributed by atoms with Crippen molar-refractivity contribution in [2.24, 2.45) is 7.05 Å². The number of aromatic nitrogens is 3. The van der Waals surface area contributed by atoms with E-state index in [0.717, 1.165) is 44.6 Å². The van der Waals surface area contributed by atoms with Crippen LogP contribution in [0.5, 0.6) is 11.5 Å². The van der Waals surface area contributed by atoms with Crippen LogP contribution in [0.2, 0.25) is 0 Å². The second-order valence-corrected chi connectivity index (χ2v) is 10.9. The van der Waals surface area contributed by atoms with Gasteiger partial charge in [0, 0.05) is 23.8 Å². The van der Waals surface area contributed by atoms with Crippen molar-refractivity contribution in [1.29, 1.82) is 0 Å². The van der Waals surface area contributed by atoms with Crippen LogP contribution >= 0.6 is 0 Å². The van der Waals surface area contributed by atoms with Gasteiger partial charge >= 0.3 is 29.6 Å². The molecule has 0 fully saturated rings. The van der Waals surface area contributed by atoms with Gasteiger partial charge in [0.1, 0.15) is 30.5 Å². The SMILES string of the molecule is Cn1c(COc2ccc(C(C)(CCC(=O)[O-])c3ccc(OCc4ccc5ccccc5n4)cc3)cc2)nc2ccccc21.[Na+]. The van der Waals surface area contributed by atoms with Crippen molar-refractivity contribution in [3.63, 3.8) is 0 Å². The third-order valence-corrected chi connectivity index (χ3v) is 8.10. The molecule has 0 saturated carbocycles. The van der Waals surface area contributed by atoms with Crippen LogP contribution in [0.25, 0.3) is 21.9 Å². The molecule has 2 heterocycles. The second-order valence-electron chi connectivity index (χ2n) is 10.9. The average Bonchev–Trinajstić information content (AvgIpc) is 3.37. The smallest absolute Gasteiger partial charge is 0.550 e. The summed E-state index contributed by atoms with van der Waals surface area (Å²) < 4.78 is 14.1. The zero-order chi connectivity index (χ0) is 29.8. The van der Waals surface area contributed by atoms with Crippen LogP contribution in [0, 0.1) is 0 Å². The summed E-state index contributed by atoms with van der Waals surface area (Å²) in [7, 11) is 1.98. The molecule has 0 spiro atoms. The molecule has 0 radical (unpaired) electrons. The summed E-state index contributed by atoms with van der Waals surface area (Å²) in [5.74, 6) is 1.19. The maximum Gasteiger partial charge on any atom is 1.00 e. The molecule has 4 aromatic carbocycles. The molecule has 8 heteroatoms. The topological polar surface area (TPSA) is 89.3 Å². The number of carboxylic acid groups (broad SMARTS) is 1. The van der Waals surface area contributed by atoms with Crippen LogP contribution in [0.1, 0.15) is 42.4 Å². The van der Waals surface area contributed by atoms with Crippen LogP contribution in [-0.2, 0) is 30.5 Å². The molecular formula is C36H32N3NaO4. The summed E-state index contributed by atoms with van der Waals surface area (Å²) >= 11 is 0. The Bertz CT molecular complexity index is 1890. The number of benzene rings is 4. The number of carbonyl (C=O) groups is 1. The van der Waals surface area contributed by atoms with E-state index in [1.54, 1.807) is 0 Å². The Kier molecular flexibility index (Phi) is 9.69. The summed E-state index contributed by atoms with van der Waals surface area (Å²) in [6.45, 7) is 2.74. The van der Waals surface area contributed by atoms with Crippen LogP contribution in [0.3, 0.4) is 0 Å². The Balaban J connectivity index is 0.00000384. The normalized spacial score (nSPS) is 12.4. The minimum Gasteiger partial charge on any atom is -0.550 e. The van der Waals surface area contributed by atoms with Gasteiger partial charge in [0.05, 0.1) is 22.2 Å². The molecule has 0 N–H and O–H groups in total. The van der Waals surface area contributed by atoms with Gasteiger partial charge in [-0.2, -0.15) is 0 Å². The molecule has 0 saturated heterocycles. The van der Waals surface area contributed by atoms with Crippen molar-refractivity contribution in [3.8, 4) is 11.5 Å². The molecule has 0 aliphatic rings. The predicted octanol–water partition coefficient (Wildman–Crippen LogP) is 3.12. The standard InChI is InChI=1S/C36H33N3O4.Na/c1-36(22-21-35(40)41,26-12-17-29(18-13-26)42-23-28-16-11-25-7-3-4-8-31(25)37-28)27-14-19-30(20-15-27)43-24-34-38-32-9-5-6-10-33(32)39(34)2;/h3-20H,21-24H2,1-2H3,(H,40,41);/q;+1/p-1. The second kappa shape index (κ2) is 13.6. The Labute approximate surface area is 278 Å². The number of pyridine rings is 1. The molecule has 1 unspecified atom stereocenters. The van der Waals surface area contributed by atoms with Crippen molar-refractivity contribution in [1.82, 2.24) is 14.5 Å². The minimum absolute atomic E-state index is 0. The molecule has 6 rings (SSSR count). The molecular weight excluding hydrogens is 561 g/mol. The van der Waals surface area contributed by atoms with E-state index in [1.165, 1.54) is 0 Å². The van der Waals surface area contributed by atoms with E-state index < -0.39 is 11.4 Å². The Morgan fingerprint density at radius 1 is 0.750 bits per heavy atom. The van der Waals surface area contributed by atoms with Crippen molar-refractivity contribution >= 4 is 27.9 Å². The van der Waals surface area contributed by atoms with E-state index in [2.05, 4.69) is 16.9 Å². The maximum absolute atomic E-state index is 11.5. The van der Waals surface area contributed by atoms with E-state index in [9.17, 15) is 9.90 Å². The molecule has 0 aliphatic heterocycles. The first-order valence-corrected chi connectivity index (χ1v) is 14.3. The Morgan fingerprint density at radius 2 is 1.34 bits per heavy atom. The first-order chi connectivity index (χ1) is 20.9. The quantitative estimate of drug-likeness (QED) is 0.215. The van der Waals surface area contributed by atoms with Gasteiger partial charge in [-0.05, 0) is 72.5 Å². The largest absolute Gasteiger partial charge is 1.00 e. The summed E-state index contributed by atoms with van der Waals surface area (Å²) in [6.07, 6.45) is 0.323. The van der Waals surface area contributed by atoms with Gasteiger partial charge in [-0.1, -0.05) is 67.6 Å². The van der Waals surface area contributed by atoms with E-state index in [-0.39, 0.29) is 36.0 Å². The number of para-hydroxylation sites is 3. The maximum atomic E-state index is 11.5. The van der Waals surface area contributed by atoms with Crippen LogP contribution in [0.4, 0.5) is 0 Å². The number of imidazole rings is 1. The number of rotatable bonds is 11.